The average molecular weight is 460 g/mol. The lowest BCUT2D eigenvalue weighted by molar-refractivity contribution is 0.0299. The highest BCUT2D eigenvalue weighted by Gasteiger charge is 2.26. The molecular weight excluding hydrogens is 425 g/mol. The van der Waals surface area contributed by atoms with Crippen molar-refractivity contribution >= 4 is 22.5 Å². The van der Waals surface area contributed by atoms with Crippen LogP contribution in [0.5, 0.6) is 0 Å². The molecular formula is C23H34FN7O2. The number of amides is 1. The summed E-state index contributed by atoms with van der Waals surface area (Å²) in [5, 5.41) is 2.14. The zero-order valence-corrected chi connectivity index (χ0v) is 18.9. The molecule has 180 valence electrons. The first-order valence-electron chi connectivity index (χ1n) is 11.6. The number of H-pyrrole nitrogens is 1. The van der Waals surface area contributed by atoms with Gasteiger partial charge in [-0.25, -0.2) is 10.2 Å². The summed E-state index contributed by atoms with van der Waals surface area (Å²) in [5.74, 6) is 6.17. The number of fused-ring (bicyclic) bond motifs is 1. The molecule has 0 spiro atoms. The fourth-order valence-electron chi connectivity index (χ4n) is 4.72. The molecule has 9 nitrogen and oxygen atoms in total. The molecule has 2 fully saturated rings. The molecule has 1 aromatic heterocycles. The first kappa shape index (κ1) is 23.5. The molecule has 2 aliphatic rings. The highest BCUT2D eigenvalue weighted by Crippen LogP contribution is 2.29. The third kappa shape index (κ3) is 5.47. The van der Waals surface area contributed by atoms with Crippen molar-refractivity contribution in [2.75, 3.05) is 59.0 Å². The van der Waals surface area contributed by atoms with Gasteiger partial charge in [-0.3, -0.25) is 4.79 Å². The normalized spacial score (nSPS) is 18.8. The monoisotopic (exact) mass is 459 g/mol. The van der Waals surface area contributed by atoms with Crippen molar-refractivity contribution in [2.24, 2.45) is 23.2 Å². The molecule has 1 aromatic carbocycles. The van der Waals surface area contributed by atoms with E-state index in [2.05, 4.69) is 9.88 Å². The molecule has 0 radical (unpaired) electrons. The maximum absolute atomic E-state index is 14.1. The van der Waals surface area contributed by atoms with E-state index in [4.69, 9.17) is 22.0 Å². The van der Waals surface area contributed by atoms with Gasteiger partial charge in [-0.05, 0) is 50.0 Å². The summed E-state index contributed by atoms with van der Waals surface area (Å²) in [6.45, 7) is 6.23. The third-order valence-electron chi connectivity index (χ3n) is 6.49. The second-order valence-corrected chi connectivity index (χ2v) is 8.82. The molecule has 0 atom stereocenters. The molecule has 0 unspecified atom stereocenters. The van der Waals surface area contributed by atoms with Crippen LogP contribution in [0.2, 0.25) is 0 Å². The number of benzene rings is 1. The number of aromatic amines is 1. The van der Waals surface area contributed by atoms with Crippen molar-refractivity contribution in [3.63, 3.8) is 0 Å². The van der Waals surface area contributed by atoms with Crippen LogP contribution in [0.25, 0.3) is 16.6 Å². The average Bonchev–Trinajstić information content (AvgIpc) is 3.19. The van der Waals surface area contributed by atoms with E-state index in [1.807, 2.05) is 0 Å². The largest absolute Gasteiger partial charge is 0.397 e. The molecule has 2 saturated heterocycles. The Labute approximate surface area is 193 Å². The summed E-state index contributed by atoms with van der Waals surface area (Å²) in [6, 6.07) is 4.37. The van der Waals surface area contributed by atoms with Crippen LogP contribution in [0.1, 0.15) is 28.9 Å². The molecule has 0 saturated carbocycles. The number of hydrogen-bond donors (Lipinski definition) is 4. The highest BCUT2D eigenvalue weighted by atomic mass is 19.1. The SMILES string of the molecule is NCCN1CCC(CN(N)/C=C(\N)c2c(C(=O)N3CCOCC3)[nH]c3ccc(F)cc23)CC1. The molecule has 2 aliphatic heterocycles. The Morgan fingerprint density at radius 3 is 2.67 bits per heavy atom. The van der Waals surface area contributed by atoms with Crippen LogP contribution in [-0.2, 0) is 4.74 Å². The first-order chi connectivity index (χ1) is 16.0. The number of carbonyl (C=O) groups is 1. The van der Waals surface area contributed by atoms with Gasteiger partial charge in [-0.1, -0.05) is 0 Å². The van der Waals surface area contributed by atoms with Crippen LogP contribution in [-0.4, -0.2) is 84.7 Å². The standard InChI is InChI=1S/C23H34FN7O2/c24-17-1-2-20-18(13-17)21(22(28-20)23(32)30-9-11-33-12-10-30)19(26)15-31(27)14-16-3-6-29(7-4-16)8-5-25/h1-2,13,15-16,28H,3-12,14,25-27H2/b19-15-. The van der Waals surface area contributed by atoms with Gasteiger partial charge in [0, 0.05) is 55.4 Å². The van der Waals surface area contributed by atoms with Crippen LogP contribution >= 0.6 is 0 Å². The van der Waals surface area contributed by atoms with Crippen molar-refractivity contribution in [2.45, 2.75) is 12.8 Å². The molecule has 7 N–H and O–H groups in total. The predicted molar refractivity (Wildman–Crippen MR) is 126 cm³/mol. The Morgan fingerprint density at radius 1 is 1.24 bits per heavy atom. The van der Waals surface area contributed by atoms with Crippen molar-refractivity contribution < 1.29 is 13.9 Å². The molecule has 3 heterocycles. The lowest BCUT2D eigenvalue weighted by Crippen LogP contribution is -2.41. The van der Waals surface area contributed by atoms with Crippen LogP contribution in [0.15, 0.2) is 24.4 Å². The maximum Gasteiger partial charge on any atom is 0.271 e. The van der Waals surface area contributed by atoms with Crippen LogP contribution in [0.3, 0.4) is 0 Å². The molecule has 10 heteroatoms. The highest BCUT2D eigenvalue weighted by molar-refractivity contribution is 6.06. The summed E-state index contributed by atoms with van der Waals surface area (Å²) < 4.78 is 19.4. The van der Waals surface area contributed by atoms with E-state index in [-0.39, 0.29) is 5.91 Å². The topological polar surface area (TPSA) is 130 Å². The summed E-state index contributed by atoms with van der Waals surface area (Å²) >= 11 is 0. The Morgan fingerprint density at radius 2 is 1.97 bits per heavy atom. The lowest BCUT2D eigenvalue weighted by atomic mass is 9.96. The number of halogens is 1. The second-order valence-electron chi connectivity index (χ2n) is 8.82. The molecule has 0 bridgehead atoms. The number of nitrogens with two attached hydrogens (primary N) is 3. The maximum atomic E-state index is 14.1. The van der Waals surface area contributed by atoms with Gasteiger partial charge in [0.1, 0.15) is 11.5 Å². The van der Waals surface area contributed by atoms with E-state index in [0.29, 0.717) is 73.2 Å². The number of hydrazine groups is 1. The van der Waals surface area contributed by atoms with Crippen molar-refractivity contribution in [1.82, 2.24) is 19.8 Å². The fraction of sp³-hybridized carbons (Fsp3) is 0.522. The van der Waals surface area contributed by atoms with Gasteiger partial charge >= 0.3 is 0 Å². The second kappa shape index (κ2) is 10.5. The number of carbonyl (C=O) groups excluding carboxylic acids is 1. The minimum absolute atomic E-state index is 0.183. The number of rotatable bonds is 7. The summed E-state index contributed by atoms with van der Waals surface area (Å²) in [4.78, 5) is 20.5. The number of likely N-dealkylation sites (tertiary alicyclic amines) is 1. The van der Waals surface area contributed by atoms with E-state index in [0.717, 1.165) is 32.5 Å². The van der Waals surface area contributed by atoms with Crippen molar-refractivity contribution in [1.29, 1.82) is 0 Å². The van der Waals surface area contributed by atoms with E-state index >= 15 is 0 Å². The zero-order valence-electron chi connectivity index (χ0n) is 18.9. The quantitative estimate of drug-likeness (QED) is 0.357. The first-order valence-corrected chi connectivity index (χ1v) is 11.6. The Balaban J connectivity index is 1.56. The minimum Gasteiger partial charge on any atom is -0.397 e. The van der Waals surface area contributed by atoms with E-state index in [1.165, 1.54) is 12.1 Å². The van der Waals surface area contributed by atoms with Gasteiger partial charge in [0.2, 0.25) is 0 Å². The van der Waals surface area contributed by atoms with E-state index in [9.17, 15) is 9.18 Å². The molecule has 1 amide bonds. The smallest absolute Gasteiger partial charge is 0.271 e. The zero-order chi connectivity index (χ0) is 23.4. The van der Waals surface area contributed by atoms with Crippen LogP contribution in [0, 0.1) is 11.7 Å². The number of piperidine rings is 1. The van der Waals surface area contributed by atoms with Gasteiger partial charge in [0.05, 0.1) is 18.9 Å². The molecule has 2 aromatic rings. The number of morpholine rings is 1. The minimum atomic E-state index is -0.394. The third-order valence-corrected chi connectivity index (χ3v) is 6.49. The number of nitrogens with zero attached hydrogens (tertiary/aromatic N) is 3. The summed E-state index contributed by atoms with van der Waals surface area (Å²) in [6.07, 6.45) is 3.73. The van der Waals surface area contributed by atoms with Gasteiger partial charge in [-0.2, -0.15) is 0 Å². The number of nitrogens with one attached hydrogen (secondary N) is 1. The van der Waals surface area contributed by atoms with Gasteiger partial charge in [0.25, 0.3) is 5.91 Å². The van der Waals surface area contributed by atoms with E-state index < -0.39 is 5.82 Å². The number of ether oxygens (including phenoxy) is 1. The number of hydrogen-bond acceptors (Lipinski definition) is 7. The van der Waals surface area contributed by atoms with Crippen molar-refractivity contribution in [3.8, 4) is 0 Å². The summed E-state index contributed by atoms with van der Waals surface area (Å²) in [5.41, 5.74) is 13.9. The van der Waals surface area contributed by atoms with Gasteiger partial charge in [0.15, 0.2) is 0 Å². The fourth-order valence-corrected chi connectivity index (χ4v) is 4.72. The molecule has 0 aliphatic carbocycles. The van der Waals surface area contributed by atoms with E-state index in [1.54, 1.807) is 22.2 Å². The summed E-state index contributed by atoms with van der Waals surface area (Å²) in [7, 11) is 0. The molecule has 33 heavy (non-hydrogen) atoms. The molecule has 4 rings (SSSR count). The van der Waals surface area contributed by atoms with Crippen LogP contribution < -0.4 is 17.3 Å². The Kier molecular flexibility index (Phi) is 7.49. The van der Waals surface area contributed by atoms with Gasteiger partial charge in [-0.15, -0.1) is 0 Å². The van der Waals surface area contributed by atoms with Crippen molar-refractivity contribution in [3.05, 3.63) is 41.5 Å². The van der Waals surface area contributed by atoms with Gasteiger partial charge < -0.3 is 36.0 Å². The number of aromatic nitrogens is 1. The Hall–Kier alpha value is -2.66. The Bertz CT molecular complexity index is 994. The lowest BCUT2D eigenvalue weighted by Gasteiger charge is -2.33. The predicted octanol–water partition coefficient (Wildman–Crippen LogP) is 0.883. The van der Waals surface area contributed by atoms with Crippen LogP contribution in [0.4, 0.5) is 4.39 Å².